The number of aliphatic imine (C=N–C) groups is 1. The lowest BCUT2D eigenvalue weighted by atomic mass is 10.2. The summed E-state index contributed by atoms with van der Waals surface area (Å²) in [5.41, 5.74) is -0.725. The monoisotopic (exact) mass is 550 g/mol. The van der Waals surface area contributed by atoms with Crippen molar-refractivity contribution in [3.63, 3.8) is 0 Å². The third-order valence-electron chi connectivity index (χ3n) is 4.53. The van der Waals surface area contributed by atoms with Gasteiger partial charge in [-0.15, -0.1) is 24.0 Å². The van der Waals surface area contributed by atoms with Gasteiger partial charge in [-0.2, -0.15) is 13.2 Å². The van der Waals surface area contributed by atoms with Gasteiger partial charge in [-0.25, -0.2) is 15.0 Å². The summed E-state index contributed by atoms with van der Waals surface area (Å²) in [6, 6.07) is 6.65. The summed E-state index contributed by atoms with van der Waals surface area (Å²) in [7, 11) is 0. The van der Waals surface area contributed by atoms with E-state index in [2.05, 4.69) is 30.1 Å². The summed E-state index contributed by atoms with van der Waals surface area (Å²) in [6.07, 6.45) is -0.933. The van der Waals surface area contributed by atoms with Crippen molar-refractivity contribution in [2.45, 2.75) is 13.1 Å². The van der Waals surface area contributed by atoms with E-state index in [1.807, 2.05) is 6.92 Å². The first kappa shape index (κ1) is 25.0. The zero-order valence-corrected chi connectivity index (χ0v) is 19.5. The van der Waals surface area contributed by atoms with Gasteiger partial charge >= 0.3 is 6.18 Å². The van der Waals surface area contributed by atoms with Gasteiger partial charge in [-0.3, -0.25) is 0 Å². The normalized spacial score (nSPS) is 14.8. The number of nitrogens with one attached hydrogen (secondary N) is 1. The molecule has 0 unspecified atom stereocenters. The molecule has 0 radical (unpaired) electrons. The number of hydrogen-bond donors (Lipinski definition) is 1. The Morgan fingerprint density at radius 2 is 1.84 bits per heavy atom. The molecule has 0 atom stereocenters. The molecule has 2 aromatic rings. The van der Waals surface area contributed by atoms with Crippen LogP contribution in [-0.2, 0) is 6.18 Å². The summed E-state index contributed by atoms with van der Waals surface area (Å²) in [6.45, 7) is 6.30. The third kappa shape index (κ3) is 7.40. The van der Waals surface area contributed by atoms with E-state index in [1.54, 1.807) is 18.5 Å². The average molecular weight is 550 g/mol. The second kappa shape index (κ2) is 11.9. The fourth-order valence-electron chi connectivity index (χ4n) is 3.08. The maximum absolute atomic E-state index is 12.8. The molecular formula is C20H26F3IN6O. The molecule has 170 valence electrons. The van der Waals surface area contributed by atoms with Crippen LogP contribution in [0.2, 0.25) is 0 Å². The Morgan fingerprint density at radius 3 is 2.48 bits per heavy atom. The molecule has 31 heavy (non-hydrogen) atoms. The van der Waals surface area contributed by atoms with Gasteiger partial charge in [-0.1, -0.05) is 6.07 Å². The highest BCUT2D eigenvalue weighted by Gasteiger charge is 2.30. The molecule has 1 aromatic heterocycles. The Kier molecular flexibility index (Phi) is 9.59. The van der Waals surface area contributed by atoms with Gasteiger partial charge in [0.25, 0.3) is 0 Å². The van der Waals surface area contributed by atoms with E-state index in [1.165, 1.54) is 12.1 Å². The van der Waals surface area contributed by atoms with Gasteiger partial charge in [0.05, 0.1) is 12.1 Å². The quantitative estimate of drug-likeness (QED) is 0.258. The van der Waals surface area contributed by atoms with E-state index in [0.29, 0.717) is 12.5 Å². The fourth-order valence-corrected chi connectivity index (χ4v) is 3.08. The van der Waals surface area contributed by atoms with Gasteiger partial charge in [-0.05, 0) is 31.2 Å². The molecule has 0 saturated carbocycles. The Hall–Kier alpha value is -2.31. The number of halogens is 4. The Balaban J connectivity index is 0.00000341. The molecule has 0 amide bonds. The zero-order chi connectivity index (χ0) is 21.4. The van der Waals surface area contributed by atoms with Crippen molar-refractivity contribution in [3.05, 3.63) is 48.3 Å². The van der Waals surface area contributed by atoms with Crippen LogP contribution in [0.5, 0.6) is 5.75 Å². The topological polar surface area (TPSA) is 65.9 Å². The van der Waals surface area contributed by atoms with Crippen molar-refractivity contribution in [3.8, 4) is 5.75 Å². The first-order chi connectivity index (χ1) is 14.5. The van der Waals surface area contributed by atoms with Crippen LogP contribution >= 0.6 is 24.0 Å². The first-order valence-electron chi connectivity index (χ1n) is 9.82. The standard InChI is InChI=1S/C20H25F3N6O.HI/c1-2-24-18(28-10-12-29(13-11-28)19-25-7-4-8-26-19)27-9-14-30-17-6-3-5-16(15-17)20(21,22)23;/h3-8,15H,2,9-14H2,1H3,(H,24,27);1H. The van der Waals surface area contributed by atoms with Gasteiger partial charge in [0.15, 0.2) is 5.96 Å². The van der Waals surface area contributed by atoms with E-state index in [9.17, 15) is 13.2 Å². The Labute approximate surface area is 196 Å². The molecular weight excluding hydrogens is 524 g/mol. The lowest BCUT2D eigenvalue weighted by Gasteiger charge is -2.36. The smallest absolute Gasteiger partial charge is 0.416 e. The number of guanidine groups is 1. The van der Waals surface area contributed by atoms with Crippen LogP contribution in [0.3, 0.4) is 0 Å². The molecule has 1 aliphatic rings. The molecule has 1 N–H and O–H groups in total. The molecule has 0 aliphatic carbocycles. The fraction of sp³-hybridized carbons (Fsp3) is 0.450. The highest BCUT2D eigenvalue weighted by molar-refractivity contribution is 14.0. The summed E-state index contributed by atoms with van der Waals surface area (Å²) in [5, 5.41) is 3.26. The summed E-state index contributed by atoms with van der Waals surface area (Å²) < 4.78 is 43.8. The van der Waals surface area contributed by atoms with Crippen LogP contribution in [0, 0.1) is 0 Å². The number of hydrogen-bond acceptors (Lipinski definition) is 5. The Morgan fingerprint density at radius 1 is 1.13 bits per heavy atom. The third-order valence-corrected chi connectivity index (χ3v) is 4.53. The minimum Gasteiger partial charge on any atom is -0.492 e. The predicted molar refractivity (Wildman–Crippen MR) is 124 cm³/mol. The van der Waals surface area contributed by atoms with Gasteiger partial charge in [0, 0.05) is 45.1 Å². The molecule has 0 bridgehead atoms. The van der Waals surface area contributed by atoms with Crippen LogP contribution < -0.4 is 15.0 Å². The van der Waals surface area contributed by atoms with E-state index in [-0.39, 0.29) is 36.3 Å². The number of ether oxygens (including phenoxy) is 1. The minimum atomic E-state index is -4.39. The van der Waals surface area contributed by atoms with Crippen molar-refractivity contribution in [2.24, 2.45) is 4.99 Å². The van der Waals surface area contributed by atoms with Crippen molar-refractivity contribution >= 4 is 35.9 Å². The molecule has 0 spiro atoms. The van der Waals surface area contributed by atoms with E-state index >= 15 is 0 Å². The van der Waals surface area contributed by atoms with Gasteiger partial charge < -0.3 is 19.9 Å². The van der Waals surface area contributed by atoms with E-state index in [4.69, 9.17) is 4.74 Å². The lowest BCUT2D eigenvalue weighted by molar-refractivity contribution is -0.137. The van der Waals surface area contributed by atoms with Crippen molar-refractivity contribution in [2.75, 3.05) is 50.8 Å². The van der Waals surface area contributed by atoms with Crippen molar-refractivity contribution in [1.29, 1.82) is 0 Å². The largest absolute Gasteiger partial charge is 0.492 e. The molecule has 11 heteroatoms. The maximum atomic E-state index is 12.8. The second-order valence-electron chi connectivity index (χ2n) is 6.63. The molecule has 1 saturated heterocycles. The summed E-state index contributed by atoms with van der Waals surface area (Å²) in [5.74, 6) is 1.66. The number of nitrogens with zero attached hydrogens (tertiary/aromatic N) is 5. The molecule has 1 aliphatic heterocycles. The maximum Gasteiger partial charge on any atom is 0.416 e. The lowest BCUT2D eigenvalue weighted by Crippen LogP contribution is -2.53. The summed E-state index contributed by atoms with van der Waals surface area (Å²) in [4.78, 5) is 17.4. The minimum absolute atomic E-state index is 0. The van der Waals surface area contributed by atoms with Crippen molar-refractivity contribution < 1.29 is 17.9 Å². The Bertz CT molecular complexity index is 829. The highest BCUT2D eigenvalue weighted by Crippen LogP contribution is 2.31. The second-order valence-corrected chi connectivity index (χ2v) is 6.63. The first-order valence-corrected chi connectivity index (χ1v) is 9.82. The van der Waals surface area contributed by atoms with Crippen LogP contribution in [0.1, 0.15) is 12.5 Å². The molecule has 3 rings (SSSR count). The van der Waals surface area contributed by atoms with E-state index in [0.717, 1.165) is 50.8 Å². The molecule has 1 fully saturated rings. The van der Waals surface area contributed by atoms with Crippen LogP contribution in [0.15, 0.2) is 47.7 Å². The SMILES string of the molecule is CCNC(=NCCOc1cccc(C(F)(F)F)c1)N1CCN(c2ncccn2)CC1.I. The number of rotatable bonds is 6. The number of piperazine rings is 1. The van der Waals surface area contributed by atoms with Gasteiger partial charge in [0.2, 0.25) is 5.95 Å². The summed E-state index contributed by atoms with van der Waals surface area (Å²) >= 11 is 0. The molecule has 2 heterocycles. The molecule has 7 nitrogen and oxygen atoms in total. The van der Waals surface area contributed by atoms with Crippen LogP contribution in [0.4, 0.5) is 19.1 Å². The van der Waals surface area contributed by atoms with E-state index < -0.39 is 11.7 Å². The predicted octanol–water partition coefficient (Wildman–Crippen LogP) is 3.28. The van der Waals surface area contributed by atoms with Crippen molar-refractivity contribution in [1.82, 2.24) is 20.2 Å². The molecule has 1 aromatic carbocycles. The van der Waals surface area contributed by atoms with Crippen LogP contribution in [-0.4, -0.2) is 66.7 Å². The zero-order valence-electron chi connectivity index (χ0n) is 17.2. The van der Waals surface area contributed by atoms with Gasteiger partial charge in [0.1, 0.15) is 12.4 Å². The van der Waals surface area contributed by atoms with Crippen LogP contribution in [0.25, 0.3) is 0 Å². The number of alkyl halides is 3. The average Bonchev–Trinajstić information content (AvgIpc) is 2.76. The highest BCUT2D eigenvalue weighted by atomic mass is 127. The number of aromatic nitrogens is 2. The number of benzene rings is 1. The number of anilines is 1.